The quantitative estimate of drug-likeness (QED) is 0.835. The molecule has 1 saturated heterocycles. The van der Waals surface area contributed by atoms with Crippen molar-refractivity contribution in [2.24, 2.45) is 0 Å². The van der Waals surface area contributed by atoms with Crippen LogP contribution in [-0.4, -0.2) is 39.1 Å². The maximum atomic E-state index is 12.0. The first-order valence-electron chi connectivity index (χ1n) is 7.42. The molecule has 6 nitrogen and oxygen atoms in total. The molecule has 2 N–H and O–H groups in total. The molecule has 0 unspecified atom stereocenters. The Labute approximate surface area is 135 Å². The van der Waals surface area contributed by atoms with Gasteiger partial charge in [-0.3, -0.25) is 0 Å². The number of ether oxygens (including phenoxy) is 1. The molecule has 0 spiro atoms. The van der Waals surface area contributed by atoms with E-state index in [1.54, 1.807) is 13.4 Å². The van der Waals surface area contributed by atoms with Crippen LogP contribution in [0.1, 0.15) is 5.76 Å². The first kappa shape index (κ1) is 15.9. The van der Waals surface area contributed by atoms with E-state index < -0.39 is 9.84 Å². The Hall–Kier alpha value is -1.99. The standard InChI is InChI=1S/C16H20N2O4S/c1-21-13-6-4-12(5-7-13)18-16-11-23(19,20)10-15(16)17-9-14-3-2-8-22-14/h2-8,15-18H,9-11H2,1H3/t15-,16-/m0/s1. The van der Waals surface area contributed by atoms with Gasteiger partial charge in [-0.2, -0.15) is 0 Å². The third kappa shape index (κ3) is 4.05. The summed E-state index contributed by atoms with van der Waals surface area (Å²) in [7, 11) is -1.44. The Morgan fingerprint density at radius 1 is 1.17 bits per heavy atom. The van der Waals surface area contributed by atoms with Gasteiger partial charge < -0.3 is 19.8 Å². The van der Waals surface area contributed by atoms with E-state index in [-0.39, 0.29) is 23.6 Å². The lowest BCUT2D eigenvalue weighted by Crippen LogP contribution is -2.42. The Morgan fingerprint density at radius 3 is 2.57 bits per heavy atom. The summed E-state index contributed by atoms with van der Waals surface area (Å²) in [6.07, 6.45) is 1.61. The van der Waals surface area contributed by atoms with Gasteiger partial charge >= 0.3 is 0 Å². The summed E-state index contributed by atoms with van der Waals surface area (Å²) in [5.41, 5.74) is 0.873. The predicted molar refractivity (Wildman–Crippen MR) is 88.4 cm³/mol. The Kier molecular flexibility index (Phi) is 4.58. The van der Waals surface area contributed by atoms with E-state index in [0.717, 1.165) is 17.2 Å². The van der Waals surface area contributed by atoms with Crippen LogP contribution in [0.4, 0.5) is 5.69 Å². The normalized spacial score (nSPS) is 22.8. The second-order valence-corrected chi connectivity index (χ2v) is 7.78. The number of nitrogens with one attached hydrogen (secondary N) is 2. The SMILES string of the molecule is COc1ccc(N[C@H]2CS(=O)(=O)C[C@@H]2NCc2ccco2)cc1. The second kappa shape index (κ2) is 6.64. The summed E-state index contributed by atoms with van der Waals surface area (Å²) >= 11 is 0. The molecule has 7 heteroatoms. The van der Waals surface area contributed by atoms with Gasteiger partial charge in [-0.15, -0.1) is 0 Å². The summed E-state index contributed by atoms with van der Waals surface area (Å²) in [5, 5.41) is 6.57. The zero-order valence-corrected chi connectivity index (χ0v) is 13.7. The van der Waals surface area contributed by atoms with Crippen molar-refractivity contribution >= 4 is 15.5 Å². The molecule has 2 aromatic rings. The smallest absolute Gasteiger partial charge is 0.153 e. The van der Waals surface area contributed by atoms with Crippen molar-refractivity contribution in [3.63, 3.8) is 0 Å². The van der Waals surface area contributed by atoms with Gasteiger partial charge in [0.05, 0.1) is 37.5 Å². The van der Waals surface area contributed by atoms with E-state index in [1.165, 1.54) is 0 Å². The van der Waals surface area contributed by atoms with Gasteiger partial charge in [0.15, 0.2) is 9.84 Å². The molecule has 0 bridgehead atoms. The Balaban J connectivity index is 1.66. The molecule has 0 saturated carbocycles. The minimum absolute atomic E-state index is 0.120. The fraction of sp³-hybridized carbons (Fsp3) is 0.375. The van der Waals surface area contributed by atoms with E-state index in [0.29, 0.717) is 6.54 Å². The fourth-order valence-corrected chi connectivity index (χ4v) is 4.63. The lowest BCUT2D eigenvalue weighted by atomic mass is 10.1. The maximum Gasteiger partial charge on any atom is 0.153 e. The van der Waals surface area contributed by atoms with Crippen LogP contribution in [0.5, 0.6) is 5.75 Å². The largest absolute Gasteiger partial charge is 0.497 e. The minimum Gasteiger partial charge on any atom is -0.497 e. The Morgan fingerprint density at radius 2 is 1.91 bits per heavy atom. The van der Waals surface area contributed by atoms with Crippen LogP contribution >= 0.6 is 0 Å². The molecular weight excluding hydrogens is 316 g/mol. The monoisotopic (exact) mass is 336 g/mol. The van der Waals surface area contributed by atoms with Gasteiger partial charge in [0.2, 0.25) is 0 Å². The summed E-state index contributed by atoms with van der Waals surface area (Å²) in [6, 6.07) is 10.8. The van der Waals surface area contributed by atoms with Gasteiger partial charge in [-0.05, 0) is 36.4 Å². The molecular formula is C16H20N2O4S. The topological polar surface area (TPSA) is 80.6 Å². The molecule has 0 radical (unpaired) electrons. The van der Waals surface area contributed by atoms with Crippen LogP contribution in [0.15, 0.2) is 47.1 Å². The molecule has 1 aliphatic rings. The van der Waals surface area contributed by atoms with Crippen molar-refractivity contribution in [3.8, 4) is 5.75 Å². The average molecular weight is 336 g/mol. The summed E-state index contributed by atoms with van der Waals surface area (Å²) < 4.78 is 34.4. The van der Waals surface area contributed by atoms with Crippen molar-refractivity contribution in [2.45, 2.75) is 18.6 Å². The molecule has 0 amide bonds. The van der Waals surface area contributed by atoms with Gasteiger partial charge in [-0.1, -0.05) is 0 Å². The minimum atomic E-state index is -3.05. The summed E-state index contributed by atoms with van der Waals surface area (Å²) in [6.45, 7) is 0.508. The zero-order chi connectivity index (χ0) is 16.3. The highest BCUT2D eigenvalue weighted by molar-refractivity contribution is 7.91. The van der Waals surface area contributed by atoms with E-state index in [2.05, 4.69) is 10.6 Å². The number of hydrogen-bond donors (Lipinski definition) is 2. The molecule has 2 heterocycles. The highest BCUT2D eigenvalue weighted by atomic mass is 32.2. The molecule has 23 heavy (non-hydrogen) atoms. The van der Waals surface area contributed by atoms with E-state index in [4.69, 9.17) is 9.15 Å². The second-order valence-electron chi connectivity index (χ2n) is 5.62. The van der Waals surface area contributed by atoms with Crippen LogP contribution in [-0.2, 0) is 16.4 Å². The third-order valence-electron chi connectivity index (χ3n) is 3.91. The first-order valence-corrected chi connectivity index (χ1v) is 9.25. The van der Waals surface area contributed by atoms with Gasteiger partial charge in [0.25, 0.3) is 0 Å². The number of methoxy groups -OCH3 is 1. The number of furan rings is 1. The van der Waals surface area contributed by atoms with Gasteiger partial charge in [0.1, 0.15) is 11.5 Å². The first-order chi connectivity index (χ1) is 11.1. The molecule has 2 atom stereocenters. The number of hydrogen-bond acceptors (Lipinski definition) is 6. The van der Waals surface area contributed by atoms with E-state index in [9.17, 15) is 8.42 Å². The molecule has 3 rings (SSSR count). The molecule has 1 aliphatic heterocycles. The number of anilines is 1. The van der Waals surface area contributed by atoms with Crippen molar-refractivity contribution in [1.82, 2.24) is 5.32 Å². The highest BCUT2D eigenvalue weighted by Crippen LogP contribution is 2.21. The predicted octanol–water partition coefficient (Wildman–Crippen LogP) is 1.66. The number of benzene rings is 1. The number of rotatable bonds is 6. The van der Waals surface area contributed by atoms with Gasteiger partial charge in [-0.25, -0.2) is 8.42 Å². The van der Waals surface area contributed by atoms with Crippen molar-refractivity contribution in [3.05, 3.63) is 48.4 Å². The van der Waals surface area contributed by atoms with E-state index >= 15 is 0 Å². The summed E-state index contributed by atoms with van der Waals surface area (Å²) in [4.78, 5) is 0. The number of sulfone groups is 1. The van der Waals surface area contributed by atoms with Gasteiger partial charge in [0, 0.05) is 11.7 Å². The molecule has 1 aromatic heterocycles. The molecule has 124 valence electrons. The van der Waals surface area contributed by atoms with Crippen molar-refractivity contribution in [2.75, 3.05) is 23.9 Å². The lowest BCUT2D eigenvalue weighted by molar-refractivity contribution is 0.415. The molecule has 1 fully saturated rings. The highest BCUT2D eigenvalue weighted by Gasteiger charge is 2.37. The zero-order valence-electron chi connectivity index (χ0n) is 12.9. The van der Waals surface area contributed by atoms with E-state index in [1.807, 2.05) is 36.4 Å². The average Bonchev–Trinajstić information content (AvgIpc) is 3.13. The van der Waals surface area contributed by atoms with Crippen LogP contribution in [0, 0.1) is 0 Å². The Bertz CT molecular complexity index is 726. The van der Waals surface area contributed by atoms with Crippen molar-refractivity contribution < 1.29 is 17.6 Å². The third-order valence-corrected chi connectivity index (χ3v) is 5.65. The van der Waals surface area contributed by atoms with Crippen molar-refractivity contribution in [1.29, 1.82) is 0 Å². The van der Waals surface area contributed by atoms with Crippen LogP contribution in [0.3, 0.4) is 0 Å². The molecule has 1 aromatic carbocycles. The van der Waals surface area contributed by atoms with Crippen LogP contribution in [0.2, 0.25) is 0 Å². The van der Waals surface area contributed by atoms with Crippen LogP contribution in [0.25, 0.3) is 0 Å². The maximum absolute atomic E-state index is 12.0. The van der Waals surface area contributed by atoms with Crippen LogP contribution < -0.4 is 15.4 Å². The summed E-state index contributed by atoms with van der Waals surface area (Å²) in [5.74, 6) is 1.80. The fourth-order valence-electron chi connectivity index (χ4n) is 2.74. The molecule has 0 aliphatic carbocycles. The lowest BCUT2D eigenvalue weighted by Gasteiger charge is -2.21.